The zero-order valence-electron chi connectivity index (χ0n) is 15.5. The Kier molecular flexibility index (Phi) is 6.44. The Morgan fingerprint density at radius 3 is 2.57 bits per heavy atom. The number of aliphatic carboxylic acids is 1. The molecule has 1 aromatic heterocycles. The fraction of sp³-hybridized carbons (Fsp3) is 0.684. The van der Waals surface area contributed by atoms with Crippen molar-refractivity contribution >= 4 is 5.97 Å². The second-order valence-corrected chi connectivity index (χ2v) is 7.70. The Morgan fingerprint density at radius 1 is 1.32 bits per heavy atom. The summed E-state index contributed by atoms with van der Waals surface area (Å²) in [5, 5.41) is 7.12. The van der Waals surface area contributed by atoms with E-state index in [9.17, 15) is 13.2 Å². The van der Waals surface area contributed by atoms with Gasteiger partial charge in [-0.25, -0.2) is 9.78 Å². The Bertz CT molecular complexity index is 646. The molecule has 1 saturated carbocycles. The van der Waals surface area contributed by atoms with Crippen molar-refractivity contribution in [2.75, 3.05) is 26.2 Å². The third-order valence-corrected chi connectivity index (χ3v) is 5.38. The van der Waals surface area contributed by atoms with Crippen LogP contribution in [-0.4, -0.2) is 65.1 Å². The number of carboxylic acid groups (broad SMARTS) is 1. The van der Waals surface area contributed by atoms with Gasteiger partial charge in [-0.2, -0.15) is 13.2 Å². The zero-order chi connectivity index (χ0) is 20.2. The average Bonchev–Trinajstić information content (AvgIpc) is 2.57. The lowest BCUT2D eigenvalue weighted by molar-refractivity contribution is -0.192. The first-order valence-electron chi connectivity index (χ1n) is 9.50. The van der Waals surface area contributed by atoms with Crippen molar-refractivity contribution < 1.29 is 32.5 Å². The van der Waals surface area contributed by atoms with Crippen molar-refractivity contribution in [1.29, 1.82) is 0 Å². The SMILES string of the molecule is O=C(O)C(F)(F)F.c1ccc(OC2CCOC3(C2)CN(CC2CCC2)C3)nc1. The van der Waals surface area contributed by atoms with Gasteiger partial charge in [-0.3, -0.25) is 4.90 Å². The number of aromatic nitrogens is 1. The predicted molar refractivity (Wildman–Crippen MR) is 94.0 cm³/mol. The second-order valence-electron chi connectivity index (χ2n) is 7.70. The number of hydrogen-bond acceptors (Lipinski definition) is 5. The lowest BCUT2D eigenvalue weighted by Gasteiger charge is -2.54. The number of ether oxygens (including phenoxy) is 2. The van der Waals surface area contributed by atoms with Gasteiger partial charge in [0.05, 0.1) is 12.2 Å². The van der Waals surface area contributed by atoms with Crippen molar-refractivity contribution in [1.82, 2.24) is 9.88 Å². The highest BCUT2D eigenvalue weighted by molar-refractivity contribution is 5.73. The number of carbonyl (C=O) groups is 1. The van der Waals surface area contributed by atoms with Gasteiger partial charge in [0, 0.05) is 44.7 Å². The molecule has 1 aliphatic carbocycles. The molecule has 0 aromatic carbocycles. The van der Waals surface area contributed by atoms with Gasteiger partial charge in [-0.1, -0.05) is 12.5 Å². The molecule has 1 spiro atoms. The summed E-state index contributed by atoms with van der Waals surface area (Å²) in [5.74, 6) is -1.07. The molecule has 2 saturated heterocycles. The van der Waals surface area contributed by atoms with Gasteiger partial charge < -0.3 is 14.6 Å². The molecule has 6 nitrogen and oxygen atoms in total. The van der Waals surface area contributed by atoms with Gasteiger partial charge in [0.25, 0.3) is 0 Å². The normalized spacial score (nSPS) is 24.5. The van der Waals surface area contributed by atoms with Crippen LogP contribution in [0.15, 0.2) is 24.4 Å². The van der Waals surface area contributed by atoms with Crippen LogP contribution in [0, 0.1) is 5.92 Å². The minimum absolute atomic E-state index is 0.0570. The fourth-order valence-corrected chi connectivity index (χ4v) is 3.83. The molecule has 3 aliphatic rings. The van der Waals surface area contributed by atoms with E-state index in [-0.39, 0.29) is 11.7 Å². The lowest BCUT2D eigenvalue weighted by Crippen LogP contribution is -2.66. The maximum atomic E-state index is 10.6. The van der Waals surface area contributed by atoms with Gasteiger partial charge in [0.15, 0.2) is 0 Å². The number of carboxylic acids is 1. The highest BCUT2D eigenvalue weighted by Crippen LogP contribution is 2.37. The van der Waals surface area contributed by atoms with Gasteiger partial charge in [0.1, 0.15) is 6.10 Å². The van der Waals surface area contributed by atoms with Crippen molar-refractivity contribution in [3.05, 3.63) is 24.4 Å². The molecule has 0 amide bonds. The first-order chi connectivity index (χ1) is 13.3. The topological polar surface area (TPSA) is 71.9 Å². The average molecular weight is 402 g/mol. The third-order valence-electron chi connectivity index (χ3n) is 5.38. The number of nitrogens with zero attached hydrogens (tertiary/aromatic N) is 2. The zero-order valence-corrected chi connectivity index (χ0v) is 15.5. The van der Waals surface area contributed by atoms with E-state index in [1.165, 1.54) is 25.8 Å². The third kappa shape index (κ3) is 5.57. The Hall–Kier alpha value is -1.87. The van der Waals surface area contributed by atoms with Gasteiger partial charge in [0.2, 0.25) is 5.88 Å². The first-order valence-corrected chi connectivity index (χ1v) is 9.50. The van der Waals surface area contributed by atoms with Crippen LogP contribution < -0.4 is 4.74 Å². The van der Waals surface area contributed by atoms with Crippen LogP contribution >= 0.6 is 0 Å². The fourth-order valence-electron chi connectivity index (χ4n) is 3.83. The first kappa shape index (κ1) is 20.9. The molecule has 2 aliphatic heterocycles. The molecular formula is C19H25F3N2O4. The molecule has 3 fully saturated rings. The second kappa shape index (κ2) is 8.65. The Balaban J connectivity index is 0.000000279. The van der Waals surface area contributed by atoms with E-state index < -0.39 is 12.1 Å². The molecule has 0 bridgehead atoms. The van der Waals surface area contributed by atoms with E-state index in [0.29, 0.717) is 0 Å². The molecule has 4 rings (SSSR count). The minimum atomic E-state index is -5.08. The monoisotopic (exact) mass is 402 g/mol. The van der Waals surface area contributed by atoms with Crippen LogP contribution in [0.5, 0.6) is 5.88 Å². The molecule has 1 unspecified atom stereocenters. The Morgan fingerprint density at radius 2 is 2.04 bits per heavy atom. The Labute approximate surface area is 161 Å². The van der Waals surface area contributed by atoms with Crippen LogP contribution in [-0.2, 0) is 9.53 Å². The van der Waals surface area contributed by atoms with E-state index in [2.05, 4.69) is 9.88 Å². The molecule has 156 valence electrons. The van der Waals surface area contributed by atoms with Crippen LogP contribution in [0.1, 0.15) is 32.1 Å². The van der Waals surface area contributed by atoms with Crippen LogP contribution in [0.4, 0.5) is 13.2 Å². The van der Waals surface area contributed by atoms with Crippen molar-refractivity contribution in [3.63, 3.8) is 0 Å². The number of rotatable bonds is 4. The largest absolute Gasteiger partial charge is 0.490 e. The maximum absolute atomic E-state index is 10.6. The number of likely N-dealkylation sites (tertiary alicyclic amines) is 1. The summed E-state index contributed by atoms with van der Waals surface area (Å²) in [6, 6.07) is 5.83. The predicted octanol–water partition coefficient (Wildman–Crippen LogP) is 3.13. The minimum Gasteiger partial charge on any atom is -0.475 e. The highest BCUT2D eigenvalue weighted by Gasteiger charge is 2.48. The van der Waals surface area contributed by atoms with E-state index in [4.69, 9.17) is 19.4 Å². The maximum Gasteiger partial charge on any atom is 0.490 e. The van der Waals surface area contributed by atoms with Gasteiger partial charge >= 0.3 is 12.1 Å². The van der Waals surface area contributed by atoms with Crippen LogP contribution in [0.2, 0.25) is 0 Å². The summed E-state index contributed by atoms with van der Waals surface area (Å²) < 4.78 is 43.9. The highest BCUT2D eigenvalue weighted by atomic mass is 19.4. The van der Waals surface area contributed by atoms with Crippen molar-refractivity contribution in [3.8, 4) is 5.88 Å². The standard InChI is InChI=1S/C17H24N2O2.C2HF3O2/c1-2-8-18-16(6-1)21-15-7-9-20-17(10-15)12-19(13-17)11-14-4-3-5-14;3-2(4,5)1(6)7/h1-2,6,8,14-15H,3-5,7,9-13H2;(H,6,7). The molecule has 3 heterocycles. The summed E-state index contributed by atoms with van der Waals surface area (Å²) in [5.41, 5.74) is 0.0570. The lowest BCUT2D eigenvalue weighted by atomic mass is 9.80. The van der Waals surface area contributed by atoms with Gasteiger partial charge in [-0.15, -0.1) is 0 Å². The summed E-state index contributed by atoms with van der Waals surface area (Å²) in [6.45, 7) is 4.27. The number of pyridine rings is 1. The smallest absolute Gasteiger partial charge is 0.475 e. The molecule has 28 heavy (non-hydrogen) atoms. The number of hydrogen-bond donors (Lipinski definition) is 1. The molecule has 0 radical (unpaired) electrons. The quantitative estimate of drug-likeness (QED) is 0.834. The van der Waals surface area contributed by atoms with Crippen molar-refractivity contribution in [2.45, 2.75) is 50.0 Å². The summed E-state index contributed by atoms with van der Waals surface area (Å²) in [7, 11) is 0. The number of halogens is 3. The van der Waals surface area contributed by atoms with Crippen molar-refractivity contribution in [2.24, 2.45) is 5.92 Å². The van der Waals surface area contributed by atoms with E-state index in [1.807, 2.05) is 18.2 Å². The van der Waals surface area contributed by atoms with Crippen LogP contribution in [0.3, 0.4) is 0 Å². The molecule has 9 heteroatoms. The van der Waals surface area contributed by atoms with E-state index in [0.717, 1.165) is 44.3 Å². The molecule has 1 N–H and O–H groups in total. The summed E-state index contributed by atoms with van der Waals surface area (Å²) in [4.78, 5) is 15.7. The molecule has 1 aromatic rings. The summed E-state index contributed by atoms with van der Waals surface area (Å²) in [6.07, 6.45) is 3.21. The van der Waals surface area contributed by atoms with Gasteiger partial charge in [-0.05, 0) is 24.8 Å². The van der Waals surface area contributed by atoms with E-state index in [1.54, 1.807) is 6.20 Å². The summed E-state index contributed by atoms with van der Waals surface area (Å²) >= 11 is 0. The molecular weight excluding hydrogens is 377 g/mol. The van der Waals surface area contributed by atoms with Crippen LogP contribution in [0.25, 0.3) is 0 Å². The van der Waals surface area contributed by atoms with E-state index >= 15 is 0 Å². The molecule has 1 atom stereocenters. The number of alkyl halides is 3.